The standard InChI is InChI=1S/C15H18N2O3/c1-9(2)15-16-14(20-17-15)8-19-11-4-5-12-10(7-11)3-6-13(12)18/h4-5,7,9,13,18H,3,6,8H2,1-2H3. The predicted octanol–water partition coefficient (Wildman–Crippen LogP) is 2.75. The third-order valence-corrected chi connectivity index (χ3v) is 3.52. The van der Waals surface area contributed by atoms with Crippen LogP contribution in [0.5, 0.6) is 5.75 Å². The van der Waals surface area contributed by atoms with Crippen LogP contribution in [0.2, 0.25) is 0 Å². The molecule has 5 heteroatoms. The van der Waals surface area contributed by atoms with E-state index in [1.54, 1.807) is 0 Å². The van der Waals surface area contributed by atoms with Gasteiger partial charge in [0.1, 0.15) is 5.75 Å². The van der Waals surface area contributed by atoms with E-state index in [0.29, 0.717) is 11.7 Å². The topological polar surface area (TPSA) is 68.4 Å². The number of ether oxygens (including phenoxy) is 1. The van der Waals surface area contributed by atoms with Gasteiger partial charge >= 0.3 is 0 Å². The average Bonchev–Trinajstić information content (AvgIpc) is 3.04. The molecule has 0 fully saturated rings. The van der Waals surface area contributed by atoms with Crippen LogP contribution in [-0.4, -0.2) is 15.2 Å². The summed E-state index contributed by atoms with van der Waals surface area (Å²) >= 11 is 0. The Balaban J connectivity index is 1.66. The fourth-order valence-electron chi connectivity index (χ4n) is 2.37. The predicted molar refractivity (Wildman–Crippen MR) is 72.4 cm³/mol. The van der Waals surface area contributed by atoms with Gasteiger partial charge in [-0.05, 0) is 36.1 Å². The zero-order chi connectivity index (χ0) is 14.1. The molecular formula is C15H18N2O3. The molecule has 0 saturated heterocycles. The summed E-state index contributed by atoms with van der Waals surface area (Å²) in [4.78, 5) is 4.27. The molecule has 1 atom stereocenters. The highest BCUT2D eigenvalue weighted by Crippen LogP contribution is 2.33. The molecule has 5 nitrogen and oxygen atoms in total. The van der Waals surface area contributed by atoms with Gasteiger partial charge in [0.05, 0.1) is 6.10 Å². The van der Waals surface area contributed by atoms with Gasteiger partial charge in [0.25, 0.3) is 5.89 Å². The van der Waals surface area contributed by atoms with Crippen molar-refractivity contribution in [1.29, 1.82) is 0 Å². The number of benzene rings is 1. The molecule has 0 spiro atoms. The van der Waals surface area contributed by atoms with Crippen molar-refractivity contribution >= 4 is 0 Å². The van der Waals surface area contributed by atoms with Gasteiger partial charge in [-0.3, -0.25) is 0 Å². The van der Waals surface area contributed by atoms with Gasteiger partial charge in [-0.25, -0.2) is 0 Å². The molecule has 106 valence electrons. The second-order valence-corrected chi connectivity index (χ2v) is 5.40. The van der Waals surface area contributed by atoms with Crippen LogP contribution in [0.1, 0.15) is 55.1 Å². The molecular weight excluding hydrogens is 256 g/mol. The van der Waals surface area contributed by atoms with Gasteiger partial charge in [0.15, 0.2) is 12.4 Å². The normalized spacial score (nSPS) is 17.5. The number of fused-ring (bicyclic) bond motifs is 1. The van der Waals surface area contributed by atoms with Crippen molar-refractivity contribution < 1.29 is 14.4 Å². The summed E-state index contributed by atoms with van der Waals surface area (Å²) in [6.07, 6.45) is 1.36. The first kappa shape index (κ1) is 13.1. The number of hydrogen-bond acceptors (Lipinski definition) is 5. The summed E-state index contributed by atoms with van der Waals surface area (Å²) in [5.74, 6) is 2.19. The van der Waals surface area contributed by atoms with E-state index in [0.717, 1.165) is 29.7 Å². The first-order chi connectivity index (χ1) is 9.63. The minimum absolute atomic E-state index is 0.244. The number of aliphatic hydroxyl groups excluding tert-OH is 1. The number of rotatable bonds is 4. The monoisotopic (exact) mass is 274 g/mol. The summed E-state index contributed by atoms with van der Waals surface area (Å²) in [5, 5.41) is 13.7. The summed E-state index contributed by atoms with van der Waals surface area (Å²) in [6.45, 7) is 4.30. The van der Waals surface area contributed by atoms with Crippen LogP contribution >= 0.6 is 0 Å². The minimum atomic E-state index is -0.330. The summed E-state index contributed by atoms with van der Waals surface area (Å²) in [7, 11) is 0. The average molecular weight is 274 g/mol. The molecule has 0 amide bonds. The lowest BCUT2D eigenvalue weighted by atomic mass is 10.1. The highest BCUT2D eigenvalue weighted by Gasteiger charge is 2.20. The fourth-order valence-corrected chi connectivity index (χ4v) is 2.37. The number of aryl methyl sites for hydroxylation is 1. The maximum absolute atomic E-state index is 9.76. The molecule has 0 radical (unpaired) electrons. The van der Waals surface area contributed by atoms with E-state index in [2.05, 4.69) is 10.1 Å². The third kappa shape index (κ3) is 2.54. The van der Waals surface area contributed by atoms with Crippen molar-refractivity contribution in [2.24, 2.45) is 0 Å². The van der Waals surface area contributed by atoms with Gasteiger partial charge in [-0.15, -0.1) is 0 Å². The minimum Gasteiger partial charge on any atom is -0.484 e. The van der Waals surface area contributed by atoms with Crippen LogP contribution in [0.15, 0.2) is 22.7 Å². The fraction of sp³-hybridized carbons (Fsp3) is 0.467. The Bertz CT molecular complexity index is 607. The molecule has 1 aromatic carbocycles. The van der Waals surface area contributed by atoms with Crippen LogP contribution in [0.25, 0.3) is 0 Å². The van der Waals surface area contributed by atoms with Crippen molar-refractivity contribution in [3.8, 4) is 5.75 Å². The van der Waals surface area contributed by atoms with Crippen LogP contribution in [0, 0.1) is 0 Å². The molecule has 3 rings (SSSR count). The third-order valence-electron chi connectivity index (χ3n) is 3.52. The van der Waals surface area contributed by atoms with Crippen LogP contribution in [0.3, 0.4) is 0 Å². The Kier molecular flexibility index (Phi) is 3.44. The second-order valence-electron chi connectivity index (χ2n) is 5.40. The molecule has 1 aliphatic carbocycles. The molecule has 2 aromatic rings. The Hall–Kier alpha value is -1.88. The Morgan fingerprint density at radius 3 is 3.05 bits per heavy atom. The first-order valence-corrected chi connectivity index (χ1v) is 6.89. The quantitative estimate of drug-likeness (QED) is 0.928. The van der Waals surface area contributed by atoms with Crippen molar-refractivity contribution in [3.63, 3.8) is 0 Å². The highest BCUT2D eigenvalue weighted by molar-refractivity contribution is 5.39. The molecule has 1 unspecified atom stereocenters. The molecule has 1 N–H and O–H groups in total. The van der Waals surface area contributed by atoms with E-state index in [9.17, 15) is 5.11 Å². The summed E-state index contributed by atoms with van der Waals surface area (Å²) in [6, 6.07) is 5.77. The molecule has 20 heavy (non-hydrogen) atoms. The summed E-state index contributed by atoms with van der Waals surface area (Å²) in [5.41, 5.74) is 2.17. The number of aromatic nitrogens is 2. The van der Waals surface area contributed by atoms with Crippen molar-refractivity contribution in [2.75, 3.05) is 0 Å². The highest BCUT2D eigenvalue weighted by atomic mass is 16.5. The number of aliphatic hydroxyl groups is 1. The van der Waals surface area contributed by atoms with E-state index in [1.165, 1.54) is 0 Å². The van der Waals surface area contributed by atoms with E-state index in [1.807, 2.05) is 32.0 Å². The lowest BCUT2D eigenvalue weighted by molar-refractivity contribution is 0.180. The maximum atomic E-state index is 9.76. The first-order valence-electron chi connectivity index (χ1n) is 6.89. The van der Waals surface area contributed by atoms with Crippen LogP contribution in [-0.2, 0) is 13.0 Å². The molecule has 1 heterocycles. The Morgan fingerprint density at radius 1 is 1.45 bits per heavy atom. The second kappa shape index (κ2) is 5.25. The molecule has 0 saturated carbocycles. The molecule has 0 aliphatic heterocycles. The van der Waals surface area contributed by atoms with Gasteiger partial charge in [-0.2, -0.15) is 4.98 Å². The Labute approximate surface area is 117 Å². The van der Waals surface area contributed by atoms with Crippen molar-refractivity contribution in [2.45, 2.75) is 45.3 Å². The number of hydrogen-bond donors (Lipinski definition) is 1. The van der Waals surface area contributed by atoms with E-state index >= 15 is 0 Å². The van der Waals surface area contributed by atoms with Crippen LogP contribution in [0.4, 0.5) is 0 Å². The molecule has 1 aromatic heterocycles. The molecule has 0 bridgehead atoms. The SMILES string of the molecule is CC(C)c1noc(COc2ccc3c(c2)CCC3O)n1. The van der Waals surface area contributed by atoms with E-state index < -0.39 is 0 Å². The molecule has 1 aliphatic rings. The van der Waals surface area contributed by atoms with Crippen molar-refractivity contribution in [3.05, 3.63) is 41.0 Å². The largest absolute Gasteiger partial charge is 0.484 e. The zero-order valence-corrected chi connectivity index (χ0v) is 11.7. The summed E-state index contributed by atoms with van der Waals surface area (Å²) < 4.78 is 10.8. The zero-order valence-electron chi connectivity index (χ0n) is 11.7. The smallest absolute Gasteiger partial charge is 0.264 e. The van der Waals surface area contributed by atoms with Gasteiger partial charge in [0, 0.05) is 5.92 Å². The van der Waals surface area contributed by atoms with Gasteiger partial charge < -0.3 is 14.4 Å². The van der Waals surface area contributed by atoms with E-state index in [-0.39, 0.29) is 18.6 Å². The van der Waals surface area contributed by atoms with Gasteiger partial charge in [0.2, 0.25) is 0 Å². The number of nitrogens with zero attached hydrogens (tertiary/aromatic N) is 2. The lowest BCUT2D eigenvalue weighted by Crippen LogP contribution is -1.98. The van der Waals surface area contributed by atoms with E-state index in [4.69, 9.17) is 9.26 Å². The Morgan fingerprint density at radius 2 is 2.30 bits per heavy atom. The van der Waals surface area contributed by atoms with Crippen LogP contribution < -0.4 is 4.74 Å². The maximum Gasteiger partial charge on any atom is 0.264 e. The van der Waals surface area contributed by atoms with Gasteiger partial charge in [-0.1, -0.05) is 25.1 Å². The lowest BCUT2D eigenvalue weighted by Gasteiger charge is -2.07. The van der Waals surface area contributed by atoms with Crippen molar-refractivity contribution in [1.82, 2.24) is 10.1 Å².